The van der Waals surface area contributed by atoms with Gasteiger partial charge in [-0.05, 0) is 12.0 Å². The highest BCUT2D eigenvalue weighted by Crippen LogP contribution is 2.11. The molecule has 108 valence electrons. The molecule has 6 nitrogen and oxygen atoms in total. The van der Waals surface area contributed by atoms with Gasteiger partial charge in [-0.15, -0.1) is 0 Å². The van der Waals surface area contributed by atoms with E-state index in [1.807, 2.05) is 13.0 Å². The molecule has 1 N–H and O–H groups in total. The Hall–Kier alpha value is -1.95. The molecule has 2 heterocycles. The van der Waals surface area contributed by atoms with E-state index in [1.54, 1.807) is 19.4 Å². The van der Waals surface area contributed by atoms with Crippen LogP contribution in [-0.2, 0) is 12.8 Å². The van der Waals surface area contributed by atoms with Crippen molar-refractivity contribution in [1.29, 1.82) is 0 Å². The lowest BCUT2D eigenvalue weighted by Gasteiger charge is -2.03. The van der Waals surface area contributed by atoms with Gasteiger partial charge in [0.25, 0.3) is 0 Å². The largest absolute Gasteiger partial charge is 0.481 e. The minimum absolute atomic E-state index is 0.404. The van der Waals surface area contributed by atoms with Crippen LogP contribution in [-0.4, -0.2) is 33.4 Å². The van der Waals surface area contributed by atoms with Gasteiger partial charge in [-0.25, -0.2) is 4.98 Å². The summed E-state index contributed by atoms with van der Waals surface area (Å²) in [6.45, 7) is 2.03. The van der Waals surface area contributed by atoms with Crippen LogP contribution in [0.4, 0.5) is 0 Å². The summed E-state index contributed by atoms with van der Waals surface area (Å²) in [4.78, 5) is 8.40. The molecule has 2 aromatic heterocycles. The fraction of sp³-hybridized carbons (Fsp3) is 0.500. The first-order valence-electron chi connectivity index (χ1n) is 6.69. The van der Waals surface area contributed by atoms with Gasteiger partial charge >= 0.3 is 0 Å². The molecule has 20 heavy (non-hydrogen) atoms. The SMILES string of the molecule is CCCC(O)Cc1nc(Cc2ccc(OC)nc2)no1. The molecule has 0 aliphatic carbocycles. The third-order valence-corrected chi connectivity index (χ3v) is 2.91. The van der Waals surface area contributed by atoms with Crippen LogP contribution in [0.3, 0.4) is 0 Å². The van der Waals surface area contributed by atoms with Crippen molar-refractivity contribution >= 4 is 0 Å². The number of aliphatic hydroxyl groups is 1. The van der Waals surface area contributed by atoms with Crippen molar-refractivity contribution in [3.63, 3.8) is 0 Å². The van der Waals surface area contributed by atoms with Crippen molar-refractivity contribution in [2.45, 2.75) is 38.7 Å². The molecular weight excluding hydrogens is 258 g/mol. The quantitative estimate of drug-likeness (QED) is 0.830. The van der Waals surface area contributed by atoms with E-state index in [0.717, 1.165) is 18.4 Å². The maximum atomic E-state index is 9.71. The zero-order valence-corrected chi connectivity index (χ0v) is 11.7. The molecule has 2 aromatic rings. The highest BCUT2D eigenvalue weighted by molar-refractivity contribution is 5.20. The monoisotopic (exact) mass is 277 g/mol. The molecule has 2 rings (SSSR count). The van der Waals surface area contributed by atoms with E-state index in [2.05, 4.69) is 15.1 Å². The van der Waals surface area contributed by atoms with Gasteiger partial charge in [-0.1, -0.05) is 24.6 Å². The van der Waals surface area contributed by atoms with E-state index in [-0.39, 0.29) is 0 Å². The summed E-state index contributed by atoms with van der Waals surface area (Å²) in [7, 11) is 1.58. The molecule has 0 radical (unpaired) electrons. The second-order valence-corrected chi connectivity index (χ2v) is 4.64. The Bertz CT molecular complexity index is 525. The smallest absolute Gasteiger partial charge is 0.229 e. The molecular formula is C14H19N3O3. The number of hydrogen-bond acceptors (Lipinski definition) is 6. The van der Waals surface area contributed by atoms with Crippen molar-refractivity contribution in [3.8, 4) is 5.88 Å². The van der Waals surface area contributed by atoms with Gasteiger partial charge in [0.1, 0.15) is 0 Å². The Morgan fingerprint density at radius 1 is 1.40 bits per heavy atom. The van der Waals surface area contributed by atoms with E-state index in [0.29, 0.717) is 30.4 Å². The molecule has 0 spiro atoms. The number of rotatable bonds is 7. The zero-order chi connectivity index (χ0) is 14.4. The maximum Gasteiger partial charge on any atom is 0.229 e. The lowest BCUT2D eigenvalue weighted by molar-refractivity contribution is 0.151. The predicted octanol–water partition coefficient (Wildman–Crippen LogP) is 1.77. The Morgan fingerprint density at radius 3 is 2.90 bits per heavy atom. The van der Waals surface area contributed by atoms with Crippen LogP contribution >= 0.6 is 0 Å². The van der Waals surface area contributed by atoms with Gasteiger partial charge in [0.05, 0.1) is 19.6 Å². The number of pyridine rings is 1. The minimum atomic E-state index is -0.420. The van der Waals surface area contributed by atoms with Crippen molar-refractivity contribution < 1.29 is 14.4 Å². The van der Waals surface area contributed by atoms with Gasteiger partial charge in [-0.2, -0.15) is 4.98 Å². The van der Waals surface area contributed by atoms with E-state index >= 15 is 0 Å². The number of ether oxygens (including phenoxy) is 1. The summed E-state index contributed by atoms with van der Waals surface area (Å²) in [5.41, 5.74) is 0.979. The number of aliphatic hydroxyl groups excluding tert-OH is 1. The lowest BCUT2D eigenvalue weighted by Crippen LogP contribution is -2.09. The maximum absolute atomic E-state index is 9.71. The molecule has 0 saturated heterocycles. The molecule has 0 fully saturated rings. The number of aromatic nitrogens is 3. The lowest BCUT2D eigenvalue weighted by atomic mass is 10.1. The molecule has 0 amide bonds. The first kappa shape index (κ1) is 14.5. The topological polar surface area (TPSA) is 81.3 Å². The molecule has 1 atom stereocenters. The summed E-state index contributed by atoms with van der Waals surface area (Å²) in [6.07, 6.45) is 3.92. The molecule has 0 aromatic carbocycles. The highest BCUT2D eigenvalue weighted by Gasteiger charge is 2.12. The van der Waals surface area contributed by atoms with Crippen LogP contribution in [0.1, 0.15) is 37.0 Å². The standard InChI is InChI=1S/C14H19N3O3/c1-3-4-11(18)8-14-16-12(17-20-14)7-10-5-6-13(19-2)15-9-10/h5-6,9,11,18H,3-4,7-8H2,1-2H3. The normalized spacial score (nSPS) is 12.3. The zero-order valence-electron chi connectivity index (χ0n) is 11.7. The Kier molecular flexibility index (Phi) is 5.06. The average Bonchev–Trinajstić information content (AvgIpc) is 2.87. The number of hydrogen-bond donors (Lipinski definition) is 1. The summed E-state index contributed by atoms with van der Waals surface area (Å²) < 4.78 is 10.1. The van der Waals surface area contributed by atoms with Crippen molar-refractivity contribution in [1.82, 2.24) is 15.1 Å². The second kappa shape index (κ2) is 7.00. The Balaban J connectivity index is 1.94. The molecule has 0 aliphatic rings. The third-order valence-electron chi connectivity index (χ3n) is 2.91. The van der Waals surface area contributed by atoms with Crippen molar-refractivity contribution in [2.75, 3.05) is 7.11 Å². The van der Waals surface area contributed by atoms with Crippen LogP contribution in [0.15, 0.2) is 22.9 Å². The molecule has 0 bridgehead atoms. The van der Waals surface area contributed by atoms with E-state index < -0.39 is 6.10 Å². The molecule has 0 aliphatic heterocycles. The summed E-state index contributed by atoms with van der Waals surface area (Å²) in [6, 6.07) is 3.70. The summed E-state index contributed by atoms with van der Waals surface area (Å²) >= 11 is 0. The Labute approximate surface area is 117 Å². The average molecular weight is 277 g/mol. The van der Waals surface area contributed by atoms with Gasteiger partial charge in [0, 0.05) is 18.7 Å². The first-order valence-corrected chi connectivity index (χ1v) is 6.69. The van der Waals surface area contributed by atoms with E-state index in [9.17, 15) is 5.11 Å². The van der Waals surface area contributed by atoms with Crippen LogP contribution in [0.5, 0.6) is 5.88 Å². The third kappa shape index (κ3) is 4.03. The van der Waals surface area contributed by atoms with E-state index in [1.165, 1.54) is 0 Å². The number of methoxy groups -OCH3 is 1. The molecule has 6 heteroatoms. The van der Waals surface area contributed by atoms with Gasteiger partial charge < -0.3 is 14.4 Å². The first-order chi connectivity index (χ1) is 9.71. The van der Waals surface area contributed by atoms with Crippen LogP contribution in [0.2, 0.25) is 0 Å². The van der Waals surface area contributed by atoms with Gasteiger partial charge in [-0.3, -0.25) is 0 Å². The van der Waals surface area contributed by atoms with Gasteiger partial charge in [0.15, 0.2) is 5.82 Å². The second-order valence-electron chi connectivity index (χ2n) is 4.64. The Morgan fingerprint density at radius 2 is 2.25 bits per heavy atom. The molecule has 0 saturated carbocycles. The fourth-order valence-electron chi connectivity index (χ4n) is 1.90. The number of nitrogens with zero attached hydrogens (tertiary/aromatic N) is 3. The van der Waals surface area contributed by atoms with Crippen molar-refractivity contribution in [3.05, 3.63) is 35.6 Å². The van der Waals surface area contributed by atoms with Crippen LogP contribution in [0.25, 0.3) is 0 Å². The van der Waals surface area contributed by atoms with Gasteiger partial charge in [0.2, 0.25) is 11.8 Å². The fourth-order valence-corrected chi connectivity index (χ4v) is 1.90. The summed E-state index contributed by atoms with van der Waals surface area (Å²) in [5, 5.41) is 13.6. The highest BCUT2D eigenvalue weighted by atomic mass is 16.5. The minimum Gasteiger partial charge on any atom is -0.481 e. The summed E-state index contributed by atoms with van der Waals surface area (Å²) in [5.74, 6) is 1.64. The van der Waals surface area contributed by atoms with Crippen LogP contribution in [0, 0.1) is 0 Å². The van der Waals surface area contributed by atoms with E-state index in [4.69, 9.17) is 9.26 Å². The predicted molar refractivity (Wildman–Crippen MR) is 72.5 cm³/mol. The van der Waals surface area contributed by atoms with Crippen molar-refractivity contribution in [2.24, 2.45) is 0 Å². The van der Waals surface area contributed by atoms with Crippen LogP contribution < -0.4 is 4.74 Å². The molecule has 1 unspecified atom stereocenters.